The van der Waals surface area contributed by atoms with E-state index in [1.807, 2.05) is 6.07 Å². The van der Waals surface area contributed by atoms with Gasteiger partial charge in [0.1, 0.15) is 5.75 Å². The van der Waals surface area contributed by atoms with Crippen LogP contribution in [0.1, 0.15) is 25.0 Å². The molecule has 4 rings (SSSR count). The molecule has 0 saturated carbocycles. The zero-order valence-corrected chi connectivity index (χ0v) is 19.5. The van der Waals surface area contributed by atoms with Crippen molar-refractivity contribution in [2.24, 2.45) is 5.92 Å². The summed E-state index contributed by atoms with van der Waals surface area (Å²) in [6, 6.07) is 8.57. The lowest BCUT2D eigenvalue weighted by molar-refractivity contribution is -0.390. The Bertz CT molecular complexity index is 1220. The topological polar surface area (TPSA) is 113 Å². The van der Waals surface area contributed by atoms with Gasteiger partial charge in [0.05, 0.1) is 31.4 Å². The van der Waals surface area contributed by atoms with Gasteiger partial charge in [-0.1, -0.05) is 0 Å². The maximum Gasteiger partial charge on any atom is 0.406 e. The standard InChI is InChI=1S/C24H29N5O5/c1-33-19-15-21-20(25-16-19)6-8-23(30)28(21)14-13-27-11-9-17(10-12-27)3-4-18-5-7-22(34-2)24(26-18)29(31)32/h5-8,15-17H,3-4,9-14H2,1-2H3. The molecule has 34 heavy (non-hydrogen) atoms. The summed E-state index contributed by atoms with van der Waals surface area (Å²) < 4.78 is 12.1. The monoisotopic (exact) mass is 467 g/mol. The van der Waals surface area contributed by atoms with Crippen molar-refractivity contribution in [2.45, 2.75) is 32.2 Å². The van der Waals surface area contributed by atoms with Gasteiger partial charge >= 0.3 is 5.82 Å². The Morgan fingerprint density at radius 2 is 1.91 bits per heavy atom. The Morgan fingerprint density at radius 3 is 2.62 bits per heavy atom. The van der Waals surface area contributed by atoms with Crippen molar-refractivity contribution in [3.05, 3.63) is 62.7 Å². The molecule has 180 valence electrons. The van der Waals surface area contributed by atoms with Gasteiger partial charge in [-0.25, -0.2) is 0 Å². The van der Waals surface area contributed by atoms with Crippen molar-refractivity contribution in [1.29, 1.82) is 0 Å². The van der Waals surface area contributed by atoms with Crippen LogP contribution in [-0.4, -0.2) is 58.2 Å². The first-order valence-corrected chi connectivity index (χ1v) is 11.4. The van der Waals surface area contributed by atoms with Crippen LogP contribution in [-0.2, 0) is 13.0 Å². The summed E-state index contributed by atoms with van der Waals surface area (Å²) in [5.41, 5.74) is 2.22. The molecular weight excluding hydrogens is 438 g/mol. The van der Waals surface area contributed by atoms with Gasteiger partial charge in [0.25, 0.3) is 5.56 Å². The van der Waals surface area contributed by atoms with Crippen LogP contribution >= 0.6 is 0 Å². The molecule has 0 radical (unpaired) electrons. The van der Waals surface area contributed by atoms with Gasteiger partial charge in [0, 0.05) is 31.6 Å². The van der Waals surface area contributed by atoms with E-state index in [9.17, 15) is 14.9 Å². The van der Waals surface area contributed by atoms with E-state index in [0.29, 0.717) is 30.3 Å². The highest BCUT2D eigenvalue weighted by Crippen LogP contribution is 2.27. The van der Waals surface area contributed by atoms with Crippen molar-refractivity contribution in [3.63, 3.8) is 0 Å². The van der Waals surface area contributed by atoms with E-state index in [4.69, 9.17) is 9.47 Å². The van der Waals surface area contributed by atoms with E-state index in [1.54, 1.807) is 42.1 Å². The minimum Gasteiger partial charge on any atom is -0.495 e. The molecule has 10 nitrogen and oxygen atoms in total. The quantitative estimate of drug-likeness (QED) is 0.349. The van der Waals surface area contributed by atoms with E-state index in [2.05, 4.69) is 14.9 Å². The lowest BCUT2D eigenvalue weighted by Gasteiger charge is -2.32. The molecule has 4 heterocycles. The van der Waals surface area contributed by atoms with Crippen LogP contribution in [0, 0.1) is 16.0 Å². The lowest BCUT2D eigenvalue weighted by atomic mass is 9.91. The average Bonchev–Trinajstić information content (AvgIpc) is 2.87. The maximum absolute atomic E-state index is 12.5. The Kier molecular flexibility index (Phi) is 7.36. The first-order chi connectivity index (χ1) is 16.5. The normalized spacial score (nSPS) is 14.9. The van der Waals surface area contributed by atoms with Crippen LogP contribution in [0.5, 0.6) is 11.5 Å². The number of nitro groups is 1. The van der Waals surface area contributed by atoms with Crippen LogP contribution < -0.4 is 15.0 Å². The van der Waals surface area contributed by atoms with Crippen molar-refractivity contribution in [3.8, 4) is 11.5 Å². The fourth-order valence-corrected chi connectivity index (χ4v) is 4.49. The molecule has 0 aromatic carbocycles. The van der Waals surface area contributed by atoms with Crippen LogP contribution in [0.2, 0.25) is 0 Å². The molecule has 0 N–H and O–H groups in total. The molecule has 1 saturated heterocycles. The molecule has 0 aliphatic carbocycles. The first kappa shape index (κ1) is 23.6. The number of hydrogen-bond acceptors (Lipinski definition) is 8. The number of piperidine rings is 1. The maximum atomic E-state index is 12.5. The highest BCUT2D eigenvalue weighted by atomic mass is 16.6. The molecule has 1 aliphatic heterocycles. The van der Waals surface area contributed by atoms with Gasteiger partial charge in [-0.05, 0) is 66.4 Å². The van der Waals surface area contributed by atoms with Gasteiger partial charge in [0.2, 0.25) is 5.75 Å². The molecule has 10 heteroatoms. The molecule has 1 aliphatic rings. The fourth-order valence-electron chi connectivity index (χ4n) is 4.49. The minimum atomic E-state index is -0.506. The summed E-state index contributed by atoms with van der Waals surface area (Å²) in [5.74, 6) is 1.13. The van der Waals surface area contributed by atoms with Crippen LogP contribution in [0.15, 0.2) is 41.3 Å². The van der Waals surface area contributed by atoms with Crippen molar-refractivity contribution < 1.29 is 14.4 Å². The number of pyridine rings is 3. The predicted molar refractivity (Wildman–Crippen MR) is 127 cm³/mol. The van der Waals surface area contributed by atoms with Gasteiger partial charge in [0.15, 0.2) is 5.69 Å². The molecule has 0 unspecified atom stereocenters. The van der Waals surface area contributed by atoms with Crippen LogP contribution in [0.4, 0.5) is 5.82 Å². The number of fused-ring (bicyclic) bond motifs is 1. The van der Waals surface area contributed by atoms with Crippen molar-refractivity contribution in [2.75, 3.05) is 33.9 Å². The largest absolute Gasteiger partial charge is 0.495 e. The Morgan fingerprint density at radius 1 is 1.12 bits per heavy atom. The third-order valence-electron chi connectivity index (χ3n) is 6.49. The van der Waals surface area contributed by atoms with E-state index >= 15 is 0 Å². The number of ether oxygens (including phenoxy) is 2. The molecule has 3 aromatic rings. The second-order valence-corrected chi connectivity index (χ2v) is 8.51. The smallest absolute Gasteiger partial charge is 0.406 e. The summed E-state index contributed by atoms with van der Waals surface area (Å²) in [7, 11) is 2.99. The van der Waals surface area contributed by atoms with Crippen molar-refractivity contribution >= 4 is 16.9 Å². The fraction of sp³-hybridized carbons (Fsp3) is 0.458. The van der Waals surface area contributed by atoms with E-state index in [0.717, 1.165) is 49.9 Å². The Balaban J connectivity index is 1.31. The van der Waals surface area contributed by atoms with Gasteiger partial charge < -0.3 is 29.1 Å². The van der Waals surface area contributed by atoms with E-state index < -0.39 is 4.92 Å². The average molecular weight is 468 g/mol. The van der Waals surface area contributed by atoms with E-state index in [-0.39, 0.29) is 17.1 Å². The third kappa shape index (κ3) is 5.33. The third-order valence-corrected chi connectivity index (χ3v) is 6.49. The second kappa shape index (κ2) is 10.6. The first-order valence-electron chi connectivity index (χ1n) is 11.4. The van der Waals surface area contributed by atoms with Crippen LogP contribution in [0.3, 0.4) is 0 Å². The lowest BCUT2D eigenvalue weighted by Crippen LogP contribution is -2.37. The number of aryl methyl sites for hydroxylation is 1. The molecule has 0 atom stereocenters. The van der Waals surface area contributed by atoms with E-state index in [1.165, 1.54) is 7.11 Å². The highest BCUT2D eigenvalue weighted by Gasteiger charge is 2.22. The summed E-state index contributed by atoms with van der Waals surface area (Å²) in [4.78, 5) is 34.1. The number of rotatable bonds is 9. The van der Waals surface area contributed by atoms with Gasteiger partial charge in [-0.15, -0.1) is 0 Å². The molecule has 3 aromatic heterocycles. The van der Waals surface area contributed by atoms with Gasteiger partial charge in [-0.2, -0.15) is 0 Å². The zero-order chi connectivity index (χ0) is 24.1. The Labute approximate surface area is 197 Å². The number of aromatic nitrogens is 3. The highest BCUT2D eigenvalue weighted by molar-refractivity contribution is 5.75. The molecular formula is C24H29N5O5. The number of likely N-dealkylation sites (tertiary alicyclic amines) is 1. The summed E-state index contributed by atoms with van der Waals surface area (Å²) in [6.45, 7) is 3.30. The van der Waals surface area contributed by atoms with Crippen LogP contribution in [0.25, 0.3) is 11.0 Å². The predicted octanol–water partition coefficient (Wildman–Crippen LogP) is 3.06. The number of hydrogen-bond donors (Lipinski definition) is 0. The zero-order valence-electron chi connectivity index (χ0n) is 19.5. The number of methoxy groups -OCH3 is 2. The second-order valence-electron chi connectivity index (χ2n) is 8.51. The molecule has 0 amide bonds. The molecule has 0 spiro atoms. The molecule has 1 fully saturated rings. The summed E-state index contributed by atoms with van der Waals surface area (Å²) >= 11 is 0. The summed E-state index contributed by atoms with van der Waals surface area (Å²) in [6.07, 6.45) is 5.41. The van der Waals surface area contributed by atoms with Crippen molar-refractivity contribution in [1.82, 2.24) is 19.4 Å². The minimum absolute atomic E-state index is 0.0430. The Hall–Kier alpha value is -3.53. The number of nitrogens with zero attached hydrogens (tertiary/aromatic N) is 5. The van der Waals surface area contributed by atoms with Gasteiger partial charge in [-0.3, -0.25) is 9.78 Å². The summed E-state index contributed by atoms with van der Waals surface area (Å²) in [5, 5.41) is 11.2. The SMILES string of the molecule is COc1cnc2ccc(=O)n(CCN3CCC(CCc4ccc(OC)c([N+](=O)[O-])n4)CC3)c2c1. The molecule has 0 bridgehead atoms.